The van der Waals surface area contributed by atoms with E-state index in [1.54, 1.807) is 43.9 Å². The number of aromatic nitrogens is 6. The molecule has 14 nitrogen and oxygen atoms in total. The Morgan fingerprint density at radius 2 is 1.96 bits per heavy atom. The molecule has 7 heterocycles. The zero-order valence-corrected chi connectivity index (χ0v) is 25.5. The molecule has 3 fully saturated rings. The molecular formula is C31H32F2N8O6. The van der Waals surface area contributed by atoms with Crippen LogP contribution in [0.1, 0.15) is 25.6 Å². The van der Waals surface area contributed by atoms with E-state index in [9.17, 15) is 18.7 Å². The van der Waals surface area contributed by atoms with Gasteiger partial charge in [-0.2, -0.15) is 9.97 Å². The van der Waals surface area contributed by atoms with Crippen molar-refractivity contribution in [3.8, 4) is 34.4 Å². The van der Waals surface area contributed by atoms with Gasteiger partial charge in [0, 0.05) is 48.7 Å². The van der Waals surface area contributed by atoms with Crippen LogP contribution >= 0.6 is 0 Å². The first-order chi connectivity index (χ1) is 22.7. The molecule has 4 aromatic heterocycles. The molecule has 0 bridgehead atoms. The van der Waals surface area contributed by atoms with Gasteiger partial charge in [-0.25, -0.2) is 28.5 Å². The number of hydrogen-bond acceptors (Lipinski definition) is 12. The predicted octanol–water partition coefficient (Wildman–Crippen LogP) is 3.37. The number of H-pyrrole nitrogens is 1. The number of alkyl halides is 2. The van der Waals surface area contributed by atoms with Crippen molar-refractivity contribution in [1.29, 1.82) is 0 Å². The van der Waals surface area contributed by atoms with Crippen LogP contribution in [-0.4, -0.2) is 105 Å². The van der Waals surface area contributed by atoms with Crippen LogP contribution in [0, 0.1) is 0 Å². The second-order valence-electron chi connectivity index (χ2n) is 11.6. The smallest absolute Gasteiger partial charge is 0.326 e. The van der Waals surface area contributed by atoms with Gasteiger partial charge in [0.15, 0.2) is 5.82 Å². The maximum atomic E-state index is 13.8. The zero-order chi connectivity index (χ0) is 32.7. The van der Waals surface area contributed by atoms with Crippen LogP contribution in [0.25, 0.3) is 22.6 Å². The number of anilines is 2. The number of nitrogens with one attached hydrogen (secondary N) is 1. The Balaban J connectivity index is 1.22. The van der Waals surface area contributed by atoms with Gasteiger partial charge in [0.05, 0.1) is 45.2 Å². The molecule has 0 saturated carbocycles. The summed E-state index contributed by atoms with van der Waals surface area (Å²) in [7, 11) is 1.55. The monoisotopic (exact) mass is 650 g/mol. The van der Waals surface area contributed by atoms with Gasteiger partial charge in [0.2, 0.25) is 23.5 Å². The molecular weight excluding hydrogens is 618 g/mol. The Kier molecular flexibility index (Phi) is 8.05. The van der Waals surface area contributed by atoms with Crippen molar-refractivity contribution < 1.29 is 37.6 Å². The van der Waals surface area contributed by atoms with Crippen LogP contribution in [-0.2, 0) is 14.3 Å². The lowest BCUT2D eigenvalue weighted by Gasteiger charge is -2.53. The summed E-state index contributed by atoms with van der Waals surface area (Å²) < 4.78 is 51.0. The second kappa shape index (κ2) is 12.3. The summed E-state index contributed by atoms with van der Waals surface area (Å²) in [5.74, 6) is -1.34. The van der Waals surface area contributed by atoms with Gasteiger partial charge < -0.3 is 38.8 Å². The highest BCUT2D eigenvalue weighted by molar-refractivity contribution is 5.78. The van der Waals surface area contributed by atoms with Gasteiger partial charge in [0.1, 0.15) is 23.4 Å². The van der Waals surface area contributed by atoms with Crippen molar-refractivity contribution in [2.45, 2.75) is 43.6 Å². The average molecular weight is 651 g/mol. The maximum Gasteiger partial charge on any atom is 0.326 e. The molecule has 2 N–H and O–H groups in total. The summed E-state index contributed by atoms with van der Waals surface area (Å²) in [4.78, 5) is 40.1. The minimum Gasteiger partial charge on any atom is -0.481 e. The Morgan fingerprint density at radius 1 is 1.13 bits per heavy atom. The Morgan fingerprint density at radius 3 is 2.62 bits per heavy atom. The largest absolute Gasteiger partial charge is 0.481 e. The van der Waals surface area contributed by atoms with Gasteiger partial charge in [-0.1, -0.05) is 0 Å². The molecule has 47 heavy (non-hydrogen) atoms. The van der Waals surface area contributed by atoms with Crippen LogP contribution in [0.5, 0.6) is 11.8 Å². The van der Waals surface area contributed by atoms with E-state index in [1.165, 1.54) is 4.90 Å². The number of methoxy groups -OCH3 is 1. The fourth-order valence-corrected chi connectivity index (χ4v) is 6.16. The Bertz CT molecular complexity index is 1740. The number of rotatable bonds is 9. The van der Waals surface area contributed by atoms with Crippen molar-refractivity contribution >= 4 is 17.6 Å². The standard InChI is InChI=1S/C31H32F2N8O6/c1-17-31(15-45-16-31)46-9-8-40(17)22-10-19(18-5-6-24(44-2)35-12-18)13-36-28(22)47-20-11-23(29(42)43)41(14-20)30-38-26(21-4-3-7-34-21)37-27(39-30)25(32)33/h3-7,10,12-13,17,20,23,25,34H,8-9,11,14-16H2,1-2H3,(H,42,43)/t17-,20-,23-/m0/s1. The minimum absolute atomic E-state index is 0.00946. The van der Waals surface area contributed by atoms with Crippen molar-refractivity contribution in [3.63, 3.8) is 0 Å². The van der Waals surface area contributed by atoms with E-state index in [1.807, 2.05) is 12.1 Å². The third-order valence-electron chi connectivity index (χ3n) is 8.82. The summed E-state index contributed by atoms with van der Waals surface area (Å²) in [6.45, 7) is 4.03. The first-order valence-corrected chi connectivity index (χ1v) is 15.1. The van der Waals surface area contributed by atoms with Gasteiger partial charge in [-0.3, -0.25) is 0 Å². The van der Waals surface area contributed by atoms with E-state index < -0.39 is 36.0 Å². The minimum atomic E-state index is -2.99. The lowest BCUT2D eigenvalue weighted by molar-refractivity contribution is -0.228. The highest BCUT2D eigenvalue weighted by Crippen LogP contribution is 2.41. The maximum absolute atomic E-state index is 13.8. The molecule has 0 amide bonds. The van der Waals surface area contributed by atoms with E-state index in [4.69, 9.17) is 23.9 Å². The number of aromatic amines is 1. The molecule has 0 unspecified atom stereocenters. The van der Waals surface area contributed by atoms with E-state index in [0.29, 0.717) is 49.5 Å². The number of ether oxygens (including phenoxy) is 4. The van der Waals surface area contributed by atoms with Crippen molar-refractivity contribution in [2.75, 3.05) is 49.8 Å². The summed E-state index contributed by atoms with van der Waals surface area (Å²) in [6.07, 6.45) is 1.32. The van der Waals surface area contributed by atoms with Crippen LogP contribution in [0.15, 0.2) is 48.9 Å². The third kappa shape index (κ3) is 5.78. The fraction of sp³-hybridized carbons (Fsp3) is 0.419. The van der Waals surface area contributed by atoms with Crippen molar-refractivity contribution in [1.82, 2.24) is 29.9 Å². The number of morpholine rings is 1. The van der Waals surface area contributed by atoms with E-state index in [-0.39, 0.29) is 30.8 Å². The summed E-state index contributed by atoms with van der Waals surface area (Å²) >= 11 is 0. The second-order valence-corrected chi connectivity index (χ2v) is 11.6. The number of halogens is 2. The number of hydrogen-bond donors (Lipinski definition) is 2. The molecule has 3 aliphatic rings. The number of carbonyl (C=O) groups is 1. The van der Waals surface area contributed by atoms with Crippen LogP contribution in [0.2, 0.25) is 0 Å². The highest BCUT2D eigenvalue weighted by atomic mass is 19.3. The first kappa shape index (κ1) is 30.7. The first-order valence-electron chi connectivity index (χ1n) is 15.1. The Labute approximate surface area is 267 Å². The molecule has 3 atom stereocenters. The Hall–Kier alpha value is -4.96. The summed E-state index contributed by atoms with van der Waals surface area (Å²) in [5.41, 5.74) is 2.22. The number of aliphatic carboxylic acids is 1. The topological polar surface area (TPSA) is 161 Å². The third-order valence-corrected chi connectivity index (χ3v) is 8.82. The molecule has 16 heteroatoms. The van der Waals surface area contributed by atoms with Gasteiger partial charge in [-0.05, 0) is 31.2 Å². The van der Waals surface area contributed by atoms with Crippen LogP contribution in [0.3, 0.4) is 0 Å². The highest BCUT2D eigenvalue weighted by Gasteiger charge is 2.50. The summed E-state index contributed by atoms with van der Waals surface area (Å²) in [6, 6.07) is 7.68. The summed E-state index contributed by atoms with van der Waals surface area (Å²) in [5, 5.41) is 10.2. The van der Waals surface area contributed by atoms with E-state index in [2.05, 4.69) is 36.7 Å². The fourth-order valence-electron chi connectivity index (χ4n) is 6.16. The molecule has 246 valence electrons. The van der Waals surface area contributed by atoms with E-state index in [0.717, 1.165) is 11.1 Å². The van der Waals surface area contributed by atoms with Gasteiger partial charge in [-0.15, -0.1) is 0 Å². The van der Waals surface area contributed by atoms with Gasteiger partial charge in [0.25, 0.3) is 6.43 Å². The molecule has 7 rings (SSSR count). The molecule has 3 aliphatic heterocycles. The number of carboxylic acid groups (broad SMARTS) is 1. The SMILES string of the molecule is COc1ccc(-c2cnc(O[C@H]3C[C@@H](C(=O)O)N(c4nc(-c5ccc[nH]5)nc(C(F)F)n4)C3)c(N3CCOC4(COC4)[C@@H]3C)c2)cn1. The molecule has 0 aliphatic carbocycles. The van der Waals surface area contributed by atoms with E-state index >= 15 is 0 Å². The molecule has 4 aromatic rings. The zero-order valence-electron chi connectivity index (χ0n) is 25.5. The number of pyridine rings is 2. The molecule has 3 saturated heterocycles. The molecule has 0 radical (unpaired) electrons. The van der Waals surface area contributed by atoms with Crippen molar-refractivity contribution in [2.24, 2.45) is 0 Å². The number of nitrogens with zero attached hydrogens (tertiary/aromatic N) is 7. The van der Waals surface area contributed by atoms with Crippen molar-refractivity contribution in [3.05, 3.63) is 54.7 Å². The molecule has 1 spiro atoms. The average Bonchev–Trinajstić information content (AvgIpc) is 3.76. The molecule has 0 aromatic carbocycles. The number of carboxylic acids is 1. The normalized spacial score (nSPS) is 22.0. The lowest BCUT2D eigenvalue weighted by atomic mass is 9.90. The predicted molar refractivity (Wildman–Crippen MR) is 163 cm³/mol. The van der Waals surface area contributed by atoms with Gasteiger partial charge >= 0.3 is 5.97 Å². The quantitative estimate of drug-likeness (QED) is 0.272. The lowest BCUT2D eigenvalue weighted by Crippen LogP contribution is -2.68. The van der Waals surface area contributed by atoms with Crippen LogP contribution < -0.4 is 19.3 Å². The van der Waals surface area contributed by atoms with Crippen LogP contribution in [0.4, 0.5) is 20.4 Å².